The van der Waals surface area contributed by atoms with Crippen LogP contribution >= 0.6 is 11.3 Å². The first-order chi connectivity index (χ1) is 11.7. The molecule has 1 saturated heterocycles. The lowest BCUT2D eigenvalue weighted by atomic mass is 9.79. The van der Waals surface area contributed by atoms with E-state index in [0.29, 0.717) is 5.41 Å². The first-order valence-corrected chi connectivity index (χ1v) is 9.92. The summed E-state index contributed by atoms with van der Waals surface area (Å²) in [5, 5.41) is 8.77. The van der Waals surface area contributed by atoms with Crippen LogP contribution in [0.4, 0.5) is 0 Å². The lowest BCUT2D eigenvalue weighted by molar-refractivity contribution is 0.0989. The summed E-state index contributed by atoms with van der Waals surface area (Å²) in [6, 6.07) is 2.27. The Kier molecular flexibility index (Phi) is 6.09. The highest BCUT2D eigenvalue weighted by molar-refractivity contribution is 7.07. The van der Waals surface area contributed by atoms with Crippen molar-refractivity contribution in [2.45, 2.75) is 39.2 Å². The maximum absolute atomic E-state index is 5.68. The van der Waals surface area contributed by atoms with Crippen LogP contribution in [0.5, 0.6) is 0 Å². The van der Waals surface area contributed by atoms with E-state index in [1.54, 1.807) is 11.3 Å². The van der Waals surface area contributed by atoms with Gasteiger partial charge >= 0.3 is 0 Å². The van der Waals surface area contributed by atoms with E-state index < -0.39 is 0 Å². The molecule has 0 aliphatic carbocycles. The maximum atomic E-state index is 5.68. The van der Waals surface area contributed by atoms with Crippen molar-refractivity contribution in [1.82, 2.24) is 14.7 Å². The number of aromatic nitrogens is 2. The van der Waals surface area contributed by atoms with Crippen molar-refractivity contribution in [3.63, 3.8) is 0 Å². The van der Waals surface area contributed by atoms with E-state index in [-0.39, 0.29) is 0 Å². The predicted octanol–water partition coefficient (Wildman–Crippen LogP) is 3.73. The second-order valence-corrected chi connectivity index (χ2v) is 7.84. The van der Waals surface area contributed by atoms with Gasteiger partial charge < -0.3 is 4.74 Å². The van der Waals surface area contributed by atoms with Gasteiger partial charge in [0.15, 0.2) is 0 Å². The third-order valence-corrected chi connectivity index (χ3v) is 5.92. The van der Waals surface area contributed by atoms with E-state index in [1.165, 1.54) is 49.9 Å². The zero-order chi connectivity index (χ0) is 16.8. The smallest absolute Gasteiger partial charge is 0.0534 e. The van der Waals surface area contributed by atoms with Gasteiger partial charge in [0.25, 0.3) is 0 Å². The molecule has 0 amide bonds. The van der Waals surface area contributed by atoms with E-state index >= 15 is 0 Å². The summed E-state index contributed by atoms with van der Waals surface area (Å²) < 4.78 is 7.58. The molecule has 1 atom stereocenters. The average Bonchev–Trinajstić information content (AvgIpc) is 3.29. The summed E-state index contributed by atoms with van der Waals surface area (Å²) in [7, 11) is 1.99. The minimum atomic E-state index is 0.402. The van der Waals surface area contributed by atoms with Gasteiger partial charge in [0.1, 0.15) is 0 Å². The van der Waals surface area contributed by atoms with E-state index in [2.05, 4.69) is 39.9 Å². The quantitative estimate of drug-likeness (QED) is 0.648. The summed E-state index contributed by atoms with van der Waals surface area (Å²) >= 11 is 1.80. The normalized spacial score (nSPS) is 21.6. The van der Waals surface area contributed by atoms with Crippen molar-refractivity contribution in [3.05, 3.63) is 40.3 Å². The Morgan fingerprint density at radius 1 is 1.33 bits per heavy atom. The number of likely N-dealkylation sites (tertiary alicyclic amines) is 1. The van der Waals surface area contributed by atoms with Gasteiger partial charge in [-0.1, -0.05) is 0 Å². The van der Waals surface area contributed by atoms with E-state index in [0.717, 1.165) is 19.8 Å². The van der Waals surface area contributed by atoms with Gasteiger partial charge in [0, 0.05) is 45.1 Å². The van der Waals surface area contributed by atoms with Gasteiger partial charge in [-0.25, -0.2) is 0 Å². The topological polar surface area (TPSA) is 30.3 Å². The highest BCUT2D eigenvalue weighted by Gasteiger charge is 2.37. The summed E-state index contributed by atoms with van der Waals surface area (Å²) in [5.41, 5.74) is 3.21. The Labute approximate surface area is 149 Å². The largest absolute Gasteiger partial charge is 0.382 e. The first kappa shape index (κ1) is 17.6. The van der Waals surface area contributed by atoms with Crippen LogP contribution in [-0.2, 0) is 24.8 Å². The third-order valence-electron chi connectivity index (χ3n) is 5.19. The number of hydrogen-bond donors (Lipinski definition) is 0. The molecule has 1 aliphatic rings. The lowest BCUT2D eigenvalue weighted by Gasteiger charge is -2.29. The minimum Gasteiger partial charge on any atom is -0.382 e. The van der Waals surface area contributed by atoms with Crippen LogP contribution < -0.4 is 0 Å². The molecule has 4 nitrogen and oxygen atoms in total. The standard InChI is InChI=1S/C19H29N3OS/c1-3-23-10-8-19(6-4-17-5-11-24-15-17)7-9-22(16-19)14-18-12-20-21(2)13-18/h5,11-13,15H,3-4,6-10,14,16H2,1-2H3/t19-/m0/s1. The van der Waals surface area contributed by atoms with E-state index in [4.69, 9.17) is 4.74 Å². The summed E-state index contributed by atoms with van der Waals surface area (Å²) in [4.78, 5) is 2.59. The van der Waals surface area contributed by atoms with Gasteiger partial charge in [-0.15, -0.1) is 0 Å². The van der Waals surface area contributed by atoms with E-state index in [9.17, 15) is 0 Å². The number of aryl methyl sites for hydroxylation is 2. The Hall–Kier alpha value is -1.17. The molecule has 3 heterocycles. The third kappa shape index (κ3) is 4.68. The Balaban J connectivity index is 1.59. The summed E-state index contributed by atoms with van der Waals surface area (Å²) in [5.74, 6) is 0. The molecule has 0 unspecified atom stereocenters. The fourth-order valence-electron chi connectivity index (χ4n) is 3.78. The molecule has 0 radical (unpaired) electrons. The highest BCUT2D eigenvalue weighted by atomic mass is 32.1. The monoisotopic (exact) mass is 347 g/mol. The minimum absolute atomic E-state index is 0.402. The van der Waals surface area contributed by atoms with Gasteiger partial charge in [0.2, 0.25) is 0 Å². The molecule has 0 N–H and O–H groups in total. The molecule has 24 heavy (non-hydrogen) atoms. The molecule has 1 aliphatic heterocycles. The average molecular weight is 348 g/mol. The SMILES string of the molecule is CCOCC[C@]1(CCc2ccsc2)CCN(Cc2cnn(C)c2)C1. The van der Waals surface area contributed by atoms with E-state index in [1.807, 2.05) is 17.9 Å². The van der Waals surface area contributed by atoms with Crippen molar-refractivity contribution >= 4 is 11.3 Å². The van der Waals surface area contributed by atoms with Crippen LogP contribution in [0.2, 0.25) is 0 Å². The van der Waals surface area contributed by atoms with Crippen LogP contribution in [0, 0.1) is 5.41 Å². The molecule has 2 aromatic rings. The molecule has 1 fully saturated rings. The fraction of sp³-hybridized carbons (Fsp3) is 0.632. The molecule has 2 aromatic heterocycles. The van der Waals surface area contributed by atoms with Crippen molar-refractivity contribution in [1.29, 1.82) is 0 Å². The molecule has 132 valence electrons. The molecule has 0 bridgehead atoms. The molecule has 5 heteroatoms. The zero-order valence-electron chi connectivity index (χ0n) is 14.9. The molecule has 0 saturated carbocycles. The van der Waals surface area contributed by atoms with Gasteiger partial charge in [-0.3, -0.25) is 9.58 Å². The predicted molar refractivity (Wildman–Crippen MR) is 99.3 cm³/mol. The second-order valence-electron chi connectivity index (χ2n) is 7.06. The highest BCUT2D eigenvalue weighted by Crippen LogP contribution is 2.39. The number of hydrogen-bond acceptors (Lipinski definition) is 4. The lowest BCUT2D eigenvalue weighted by Crippen LogP contribution is -2.29. The first-order valence-electron chi connectivity index (χ1n) is 8.98. The summed E-state index contributed by atoms with van der Waals surface area (Å²) in [6.45, 7) is 7.18. The fourth-order valence-corrected chi connectivity index (χ4v) is 4.49. The zero-order valence-corrected chi connectivity index (χ0v) is 15.7. The Morgan fingerprint density at radius 2 is 2.25 bits per heavy atom. The van der Waals surface area contributed by atoms with Crippen molar-refractivity contribution in [2.75, 3.05) is 26.3 Å². The van der Waals surface area contributed by atoms with Gasteiger partial charge in [-0.2, -0.15) is 16.4 Å². The van der Waals surface area contributed by atoms with Crippen molar-refractivity contribution in [3.8, 4) is 0 Å². The number of thiophene rings is 1. The second kappa shape index (κ2) is 8.28. The van der Waals surface area contributed by atoms with Gasteiger partial charge in [-0.05, 0) is 67.0 Å². The van der Waals surface area contributed by atoms with Crippen LogP contribution in [-0.4, -0.2) is 41.0 Å². The Bertz CT molecular complexity index is 610. The van der Waals surface area contributed by atoms with Crippen LogP contribution in [0.15, 0.2) is 29.2 Å². The molecular weight excluding hydrogens is 318 g/mol. The molecule has 0 aromatic carbocycles. The maximum Gasteiger partial charge on any atom is 0.0534 e. The number of rotatable bonds is 9. The number of ether oxygens (including phenoxy) is 1. The molecular formula is C19H29N3OS. The Morgan fingerprint density at radius 3 is 2.96 bits per heavy atom. The molecule has 0 spiro atoms. The molecule has 3 rings (SSSR count). The van der Waals surface area contributed by atoms with Gasteiger partial charge in [0.05, 0.1) is 6.20 Å². The van der Waals surface area contributed by atoms with Crippen molar-refractivity contribution in [2.24, 2.45) is 12.5 Å². The summed E-state index contributed by atoms with van der Waals surface area (Å²) in [6.07, 6.45) is 9.03. The van der Waals surface area contributed by atoms with Crippen LogP contribution in [0.3, 0.4) is 0 Å². The number of nitrogens with zero attached hydrogens (tertiary/aromatic N) is 3. The van der Waals surface area contributed by atoms with Crippen molar-refractivity contribution < 1.29 is 4.74 Å². The van der Waals surface area contributed by atoms with Crippen LogP contribution in [0.25, 0.3) is 0 Å². The van der Waals surface area contributed by atoms with Crippen LogP contribution in [0.1, 0.15) is 37.3 Å².